The Labute approximate surface area is 181 Å². The van der Waals surface area contributed by atoms with E-state index in [1.165, 1.54) is 44.7 Å². The van der Waals surface area contributed by atoms with Crippen LogP contribution in [-0.4, -0.2) is 47.7 Å². The molecule has 1 aromatic carbocycles. The maximum Gasteiger partial charge on any atom is 0.146 e. The molecule has 4 heterocycles. The van der Waals surface area contributed by atoms with Gasteiger partial charge in [-0.05, 0) is 48.8 Å². The van der Waals surface area contributed by atoms with E-state index in [-0.39, 0.29) is 0 Å². The summed E-state index contributed by atoms with van der Waals surface area (Å²) in [7, 11) is 0. The smallest absolute Gasteiger partial charge is 0.146 e. The van der Waals surface area contributed by atoms with Crippen molar-refractivity contribution < 1.29 is 4.74 Å². The number of hydrogen-bond acceptors (Lipinski definition) is 6. The number of aromatic nitrogens is 2. The highest BCUT2D eigenvalue weighted by molar-refractivity contribution is 7.19. The lowest BCUT2D eigenvalue weighted by molar-refractivity contribution is 0.0331. The minimum Gasteiger partial charge on any atom is -0.379 e. The topological polar surface area (TPSA) is 41.5 Å². The standard InChI is InChI=1S/C24H28N4OS/c1-16-6-7-18-20(14-16)30-24-22(18)23(28-9-8-17-4-2-3-5-19(17)28)25-21(26-24)15-27-10-12-29-13-11-27/h2-5,16H,6-15H2,1H3. The fourth-order valence-corrected chi connectivity index (χ4v) is 6.55. The summed E-state index contributed by atoms with van der Waals surface area (Å²) in [5, 5.41) is 1.32. The predicted octanol–water partition coefficient (Wildman–Crippen LogP) is 4.34. The number of nitrogens with zero attached hydrogens (tertiary/aromatic N) is 4. The third kappa shape index (κ3) is 3.22. The van der Waals surface area contributed by atoms with Crippen molar-refractivity contribution in [2.24, 2.45) is 5.92 Å². The highest BCUT2D eigenvalue weighted by Gasteiger charge is 2.29. The number of fused-ring (bicyclic) bond motifs is 4. The number of aryl methyl sites for hydroxylation is 1. The van der Waals surface area contributed by atoms with Gasteiger partial charge in [0.15, 0.2) is 0 Å². The molecule has 0 N–H and O–H groups in total. The number of anilines is 2. The highest BCUT2D eigenvalue weighted by atomic mass is 32.1. The summed E-state index contributed by atoms with van der Waals surface area (Å²) in [6, 6.07) is 8.80. The summed E-state index contributed by atoms with van der Waals surface area (Å²) in [5.74, 6) is 2.86. The third-order valence-corrected chi connectivity index (χ3v) is 7.94. The van der Waals surface area contributed by atoms with E-state index in [1.807, 2.05) is 11.3 Å². The lowest BCUT2D eigenvalue weighted by Crippen LogP contribution is -2.36. The van der Waals surface area contributed by atoms with E-state index in [4.69, 9.17) is 14.7 Å². The van der Waals surface area contributed by atoms with Gasteiger partial charge in [0, 0.05) is 30.2 Å². The van der Waals surface area contributed by atoms with Gasteiger partial charge in [-0.3, -0.25) is 4.90 Å². The zero-order chi connectivity index (χ0) is 20.1. The first kappa shape index (κ1) is 18.7. The lowest BCUT2D eigenvalue weighted by atomic mass is 9.89. The molecule has 1 atom stereocenters. The van der Waals surface area contributed by atoms with Crippen molar-refractivity contribution >= 4 is 33.1 Å². The Morgan fingerprint density at radius 2 is 1.97 bits per heavy atom. The number of rotatable bonds is 3. The summed E-state index contributed by atoms with van der Waals surface area (Å²) in [5.41, 5.74) is 4.26. The molecule has 1 fully saturated rings. The van der Waals surface area contributed by atoms with Crippen LogP contribution in [0.5, 0.6) is 0 Å². The molecule has 0 saturated carbocycles. The highest BCUT2D eigenvalue weighted by Crippen LogP contribution is 2.44. The molecule has 0 amide bonds. The minimum atomic E-state index is 0.766. The van der Waals surface area contributed by atoms with Crippen LogP contribution in [-0.2, 0) is 30.5 Å². The normalized spacial score (nSPS) is 21.8. The van der Waals surface area contributed by atoms with Crippen LogP contribution in [0.25, 0.3) is 10.2 Å². The maximum atomic E-state index is 5.53. The van der Waals surface area contributed by atoms with Crippen LogP contribution in [0.15, 0.2) is 24.3 Å². The van der Waals surface area contributed by atoms with Gasteiger partial charge in [0.05, 0.1) is 25.1 Å². The Kier molecular flexibility index (Phi) is 4.74. The molecule has 3 aliphatic rings. The predicted molar refractivity (Wildman–Crippen MR) is 122 cm³/mol. The fourth-order valence-electron chi connectivity index (χ4n) is 5.15. The van der Waals surface area contributed by atoms with Crippen molar-refractivity contribution in [2.45, 2.75) is 39.2 Å². The Bertz CT molecular complexity index is 1090. The SMILES string of the molecule is CC1CCc2c(sc3nc(CN4CCOCC4)nc(N4CCc5ccccc54)c23)C1. The monoisotopic (exact) mass is 420 g/mol. The Hall–Kier alpha value is -2.02. The van der Waals surface area contributed by atoms with Crippen molar-refractivity contribution in [3.8, 4) is 0 Å². The largest absolute Gasteiger partial charge is 0.379 e. The molecule has 5 nitrogen and oxygen atoms in total. The van der Waals surface area contributed by atoms with E-state index in [9.17, 15) is 0 Å². The zero-order valence-corrected chi connectivity index (χ0v) is 18.4. The first-order valence-electron chi connectivity index (χ1n) is 11.2. The van der Waals surface area contributed by atoms with Gasteiger partial charge in [-0.25, -0.2) is 9.97 Å². The van der Waals surface area contributed by atoms with Gasteiger partial charge in [0.2, 0.25) is 0 Å². The summed E-state index contributed by atoms with van der Waals surface area (Å²) < 4.78 is 5.53. The van der Waals surface area contributed by atoms with Crippen LogP contribution in [0.1, 0.15) is 35.2 Å². The van der Waals surface area contributed by atoms with Crippen molar-refractivity contribution in [1.82, 2.24) is 14.9 Å². The summed E-state index contributed by atoms with van der Waals surface area (Å²) >= 11 is 1.91. The van der Waals surface area contributed by atoms with Crippen molar-refractivity contribution in [3.05, 3.63) is 46.1 Å². The number of hydrogen-bond donors (Lipinski definition) is 0. The van der Waals surface area contributed by atoms with Crippen LogP contribution < -0.4 is 4.90 Å². The third-order valence-electron chi connectivity index (χ3n) is 6.79. The van der Waals surface area contributed by atoms with E-state index in [0.29, 0.717) is 0 Å². The molecule has 0 spiro atoms. The molecule has 0 bridgehead atoms. The van der Waals surface area contributed by atoms with Crippen molar-refractivity contribution in [3.63, 3.8) is 0 Å². The first-order chi connectivity index (χ1) is 14.8. The molecule has 2 aromatic heterocycles. The molecule has 0 radical (unpaired) electrons. The Balaban J connectivity index is 1.48. The summed E-state index contributed by atoms with van der Waals surface area (Å²) in [6.07, 6.45) is 4.70. The van der Waals surface area contributed by atoms with Crippen molar-refractivity contribution in [1.29, 1.82) is 0 Å². The maximum absolute atomic E-state index is 5.53. The van der Waals surface area contributed by atoms with E-state index < -0.39 is 0 Å². The second-order valence-electron chi connectivity index (χ2n) is 8.91. The average molecular weight is 421 g/mol. The molecule has 6 rings (SSSR count). The van der Waals surface area contributed by atoms with E-state index in [2.05, 4.69) is 41.0 Å². The van der Waals surface area contributed by atoms with Gasteiger partial charge in [0.1, 0.15) is 16.5 Å². The van der Waals surface area contributed by atoms with E-state index in [1.54, 1.807) is 0 Å². The fraction of sp³-hybridized carbons (Fsp3) is 0.500. The van der Waals surface area contributed by atoms with Gasteiger partial charge >= 0.3 is 0 Å². The Morgan fingerprint density at radius 1 is 1.10 bits per heavy atom. The number of ether oxygens (including phenoxy) is 1. The number of thiophene rings is 1. The number of benzene rings is 1. The Morgan fingerprint density at radius 3 is 2.87 bits per heavy atom. The molecule has 156 valence electrons. The van der Waals surface area contributed by atoms with Gasteiger partial charge in [-0.15, -0.1) is 11.3 Å². The van der Waals surface area contributed by atoms with Gasteiger partial charge < -0.3 is 9.64 Å². The molecule has 30 heavy (non-hydrogen) atoms. The molecule has 1 unspecified atom stereocenters. The molecule has 1 aliphatic carbocycles. The molecular weight excluding hydrogens is 392 g/mol. The lowest BCUT2D eigenvalue weighted by Gasteiger charge is -2.27. The van der Waals surface area contributed by atoms with Crippen LogP contribution in [0.4, 0.5) is 11.5 Å². The first-order valence-corrected chi connectivity index (χ1v) is 12.0. The van der Waals surface area contributed by atoms with Crippen LogP contribution in [0, 0.1) is 5.92 Å². The zero-order valence-electron chi connectivity index (χ0n) is 17.6. The van der Waals surface area contributed by atoms with E-state index in [0.717, 1.165) is 69.8 Å². The quantitative estimate of drug-likeness (QED) is 0.630. The molecule has 6 heteroatoms. The average Bonchev–Trinajstić information content (AvgIpc) is 3.34. The molecule has 1 saturated heterocycles. The minimum absolute atomic E-state index is 0.766. The van der Waals surface area contributed by atoms with E-state index >= 15 is 0 Å². The van der Waals surface area contributed by atoms with Crippen LogP contribution in [0.3, 0.4) is 0 Å². The van der Waals surface area contributed by atoms with Crippen LogP contribution >= 0.6 is 11.3 Å². The summed E-state index contributed by atoms with van der Waals surface area (Å²) in [6.45, 7) is 7.72. The second-order valence-corrected chi connectivity index (χ2v) is 10.00. The molecular formula is C24H28N4OS. The number of morpholine rings is 1. The van der Waals surface area contributed by atoms with Crippen molar-refractivity contribution in [2.75, 3.05) is 37.7 Å². The second kappa shape index (κ2) is 7.59. The van der Waals surface area contributed by atoms with Crippen LogP contribution in [0.2, 0.25) is 0 Å². The molecule has 3 aromatic rings. The summed E-state index contributed by atoms with van der Waals surface area (Å²) in [4.78, 5) is 17.9. The van der Waals surface area contributed by atoms with Gasteiger partial charge in [0.25, 0.3) is 0 Å². The van der Waals surface area contributed by atoms with Gasteiger partial charge in [-0.1, -0.05) is 25.1 Å². The van der Waals surface area contributed by atoms with Gasteiger partial charge in [-0.2, -0.15) is 0 Å². The number of para-hydroxylation sites is 1. The molecule has 2 aliphatic heterocycles.